The summed E-state index contributed by atoms with van der Waals surface area (Å²) < 4.78 is 0. The van der Waals surface area contributed by atoms with Crippen LogP contribution in [-0.2, 0) is 0 Å². The Morgan fingerprint density at radius 1 is 1.56 bits per heavy atom. The van der Waals surface area contributed by atoms with Crippen LogP contribution in [0.1, 0.15) is 5.56 Å². The van der Waals surface area contributed by atoms with E-state index in [0.717, 1.165) is 0 Å². The molecule has 6 heteroatoms. The zero-order valence-corrected chi connectivity index (χ0v) is 8.91. The molecule has 0 amide bonds. The molecular weight excluding hydrogens is 208 g/mol. The lowest BCUT2D eigenvalue weighted by Crippen LogP contribution is -2.07. The Morgan fingerprint density at radius 2 is 2.25 bits per heavy atom. The second-order valence-corrected chi connectivity index (χ2v) is 3.28. The molecule has 6 nitrogen and oxygen atoms in total. The molecule has 0 heterocycles. The van der Waals surface area contributed by atoms with Crippen LogP contribution in [0.3, 0.4) is 0 Å². The summed E-state index contributed by atoms with van der Waals surface area (Å²) >= 11 is 0. The van der Waals surface area contributed by atoms with Gasteiger partial charge < -0.3 is 4.90 Å². The maximum Gasteiger partial charge on any atom is 0.271 e. The number of benzene rings is 1. The molecule has 0 aliphatic rings. The summed E-state index contributed by atoms with van der Waals surface area (Å²) in [5, 5.41) is 19.4. The third-order valence-electron chi connectivity index (χ3n) is 1.74. The number of non-ortho nitro benzene ring substituents is 1. The van der Waals surface area contributed by atoms with Crippen LogP contribution in [0.5, 0.6) is 0 Å². The summed E-state index contributed by atoms with van der Waals surface area (Å²) in [5.74, 6) is 0. The second kappa shape index (κ2) is 4.89. The van der Waals surface area contributed by atoms with Gasteiger partial charge in [0.15, 0.2) is 0 Å². The minimum absolute atomic E-state index is 0.0788. The van der Waals surface area contributed by atoms with Crippen LogP contribution in [-0.4, -0.2) is 30.3 Å². The Balaban J connectivity index is 3.18. The van der Waals surface area contributed by atoms with E-state index in [-0.39, 0.29) is 5.69 Å². The quantitative estimate of drug-likeness (QED) is 0.334. The zero-order valence-electron chi connectivity index (χ0n) is 8.91. The molecule has 1 aromatic rings. The summed E-state index contributed by atoms with van der Waals surface area (Å²) in [5.41, 5.74) is 0.527. The van der Waals surface area contributed by atoms with Crippen molar-refractivity contribution < 1.29 is 4.92 Å². The minimum Gasteiger partial charge on any atom is -0.369 e. The third kappa shape index (κ3) is 2.78. The Kier molecular flexibility index (Phi) is 3.56. The van der Waals surface area contributed by atoms with Gasteiger partial charge in [0, 0.05) is 26.2 Å². The molecule has 0 fully saturated rings. The van der Waals surface area contributed by atoms with Gasteiger partial charge in [0.1, 0.15) is 6.07 Å². The number of rotatable bonds is 3. The van der Waals surface area contributed by atoms with Gasteiger partial charge in [-0.25, -0.2) is 4.99 Å². The average Bonchev–Trinajstić information content (AvgIpc) is 2.25. The highest BCUT2D eigenvalue weighted by Gasteiger charge is 2.09. The van der Waals surface area contributed by atoms with E-state index >= 15 is 0 Å². The lowest BCUT2D eigenvalue weighted by atomic mass is 10.2. The zero-order chi connectivity index (χ0) is 12.1. The lowest BCUT2D eigenvalue weighted by Gasteiger charge is -2.03. The SMILES string of the molecule is CN(C)C=Nc1cc([N+](=O)[O-])ccc1C#N. The number of nitrogens with zero attached hydrogens (tertiary/aromatic N) is 4. The van der Waals surface area contributed by atoms with Gasteiger partial charge in [0.25, 0.3) is 5.69 Å². The first-order chi connectivity index (χ1) is 7.54. The van der Waals surface area contributed by atoms with Crippen molar-refractivity contribution in [1.82, 2.24) is 4.90 Å². The van der Waals surface area contributed by atoms with Gasteiger partial charge in [0.2, 0.25) is 0 Å². The first kappa shape index (κ1) is 11.7. The summed E-state index contributed by atoms with van der Waals surface area (Å²) in [6.45, 7) is 0. The monoisotopic (exact) mass is 218 g/mol. The standard InChI is InChI=1S/C10H10N4O2/c1-13(2)7-12-10-5-9(14(15)16)4-3-8(10)6-11/h3-5,7H,1-2H3. The molecule has 0 spiro atoms. The van der Waals surface area contributed by atoms with Crippen LogP contribution < -0.4 is 0 Å². The molecule has 0 aromatic heterocycles. The van der Waals surface area contributed by atoms with Gasteiger partial charge in [-0.05, 0) is 6.07 Å². The molecule has 0 aliphatic heterocycles. The van der Waals surface area contributed by atoms with Gasteiger partial charge in [-0.1, -0.05) is 0 Å². The molecule has 0 bridgehead atoms. The number of nitro benzene ring substituents is 1. The van der Waals surface area contributed by atoms with Crippen molar-refractivity contribution in [1.29, 1.82) is 5.26 Å². The third-order valence-corrected chi connectivity index (χ3v) is 1.74. The fourth-order valence-corrected chi connectivity index (χ4v) is 1.01. The van der Waals surface area contributed by atoms with Gasteiger partial charge in [-0.15, -0.1) is 0 Å². The highest BCUT2D eigenvalue weighted by atomic mass is 16.6. The van der Waals surface area contributed by atoms with Crippen molar-refractivity contribution in [2.24, 2.45) is 4.99 Å². The Morgan fingerprint density at radius 3 is 2.75 bits per heavy atom. The molecule has 16 heavy (non-hydrogen) atoms. The van der Waals surface area contributed by atoms with E-state index in [1.54, 1.807) is 19.0 Å². The van der Waals surface area contributed by atoms with Crippen LogP contribution in [0.2, 0.25) is 0 Å². The van der Waals surface area contributed by atoms with E-state index in [1.807, 2.05) is 6.07 Å². The number of nitro groups is 1. The number of hydrogen-bond donors (Lipinski definition) is 0. The maximum absolute atomic E-state index is 10.6. The van der Waals surface area contributed by atoms with Gasteiger partial charge >= 0.3 is 0 Å². The summed E-state index contributed by atoms with van der Waals surface area (Å²) in [4.78, 5) is 15.7. The molecule has 82 valence electrons. The largest absolute Gasteiger partial charge is 0.369 e. The fraction of sp³-hybridized carbons (Fsp3) is 0.200. The topological polar surface area (TPSA) is 82.5 Å². The highest BCUT2D eigenvalue weighted by molar-refractivity contribution is 5.67. The van der Waals surface area contributed by atoms with E-state index in [0.29, 0.717) is 11.3 Å². The molecule has 0 aliphatic carbocycles. The van der Waals surface area contributed by atoms with Crippen LogP contribution in [0.15, 0.2) is 23.2 Å². The van der Waals surface area contributed by atoms with Gasteiger partial charge in [0.05, 0.1) is 22.5 Å². The predicted octanol–water partition coefficient (Wildman–Crippen LogP) is 1.69. The van der Waals surface area contributed by atoms with E-state index in [4.69, 9.17) is 5.26 Å². The van der Waals surface area contributed by atoms with Crippen LogP contribution in [0.25, 0.3) is 0 Å². The van der Waals surface area contributed by atoms with E-state index in [2.05, 4.69) is 4.99 Å². The first-order valence-corrected chi connectivity index (χ1v) is 4.43. The number of hydrogen-bond acceptors (Lipinski definition) is 4. The fourth-order valence-electron chi connectivity index (χ4n) is 1.01. The van der Waals surface area contributed by atoms with E-state index in [9.17, 15) is 10.1 Å². The number of aliphatic imine (C=N–C) groups is 1. The van der Waals surface area contributed by atoms with Gasteiger partial charge in [-0.3, -0.25) is 10.1 Å². The maximum atomic E-state index is 10.6. The minimum atomic E-state index is -0.518. The normalized spacial score (nSPS) is 10.1. The Labute approximate surface area is 92.6 Å². The van der Waals surface area contributed by atoms with Crippen molar-refractivity contribution in [3.05, 3.63) is 33.9 Å². The predicted molar refractivity (Wildman–Crippen MR) is 59.7 cm³/mol. The second-order valence-electron chi connectivity index (χ2n) is 3.28. The Hall–Kier alpha value is -2.42. The first-order valence-electron chi connectivity index (χ1n) is 4.43. The van der Waals surface area contributed by atoms with Crippen molar-refractivity contribution >= 4 is 17.7 Å². The van der Waals surface area contributed by atoms with Crippen molar-refractivity contribution in [3.63, 3.8) is 0 Å². The molecule has 0 saturated carbocycles. The van der Waals surface area contributed by atoms with E-state index in [1.165, 1.54) is 24.5 Å². The average molecular weight is 218 g/mol. The molecule has 1 aromatic carbocycles. The van der Waals surface area contributed by atoms with Crippen LogP contribution in [0, 0.1) is 21.4 Å². The number of nitriles is 1. The van der Waals surface area contributed by atoms with Gasteiger partial charge in [-0.2, -0.15) is 5.26 Å². The molecule has 0 atom stereocenters. The van der Waals surface area contributed by atoms with Crippen molar-refractivity contribution in [2.75, 3.05) is 14.1 Å². The smallest absolute Gasteiger partial charge is 0.271 e. The molecule has 0 unspecified atom stereocenters. The molecule has 0 N–H and O–H groups in total. The lowest BCUT2D eigenvalue weighted by molar-refractivity contribution is -0.384. The summed E-state index contributed by atoms with van der Waals surface area (Å²) in [6.07, 6.45) is 1.49. The van der Waals surface area contributed by atoms with Crippen LogP contribution in [0.4, 0.5) is 11.4 Å². The highest BCUT2D eigenvalue weighted by Crippen LogP contribution is 2.24. The Bertz CT molecular complexity index is 474. The summed E-state index contributed by atoms with van der Waals surface area (Å²) in [7, 11) is 3.54. The molecule has 0 radical (unpaired) electrons. The van der Waals surface area contributed by atoms with Crippen LogP contribution >= 0.6 is 0 Å². The summed E-state index contributed by atoms with van der Waals surface area (Å²) in [6, 6.07) is 5.88. The molecule has 0 saturated heterocycles. The van der Waals surface area contributed by atoms with Crippen molar-refractivity contribution in [2.45, 2.75) is 0 Å². The molecular formula is C10H10N4O2. The molecule has 1 rings (SSSR count). The van der Waals surface area contributed by atoms with E-state index < -0.39 is 4.92 Å². The van der Waals surface area contributed by atoms with Crippen molar-refractivity contribution in [3.8, 4) is 6.07 Å².